The van der Waals surface area contributed by atoms with Gasteiger partial charge in [-0.1, -0.05) is 17.7 Å². The van der Waals surface area contributed by atoms with Gasteiger partial charge in [-0.15, -0.1) is 0 Å². The summed E-state index contributed by atoms with van der Waals surface area (Å²) in [7, 11) is 4.01. The minimum absolute atomic E-state index is 0.00407. The SMILES string of the molecule is Cc1cc(C)c(C(N)N(C)C)c(C)c1. The van der Waals surface area contributed by atoms with Crippen molar-refractivity contribution >= 4 is 0 Å². The molecule has 0 saturated carbocycles. The molecule has 0 amide bonds. The zero-order chi connectivity index (χ0) is 10.9. The molecule has 78 valence electrons. The van der Waals surface area contributed by atoms with Crippen LogP contribution in [0, 0.1) is 20.8 Å². The van der Waals surface area contributed by atoms with Crippen LogP contribution in [-0.4, -0.2) is 19.0 Å². The number of nitrogens with two attached hydrogens (primary N) is 1. The van der Waals surface area contributed by atoms with Crippen LogP contribution >= 0.6 is 0 Å². The maximum atomic E-state index is 6.12. The predicted molar refractivity (Wildman–Crippen MR) is 61.3 cm³/mol. The maximum absolute atomic E-state index is 6.12. The zero-order valence-electron chi connectivity index (χ0n) is 9.76. The van der Waals surface area contributed by atoms with Crippen LogP contribution in [-0.2, 0) is 0 Å². The monoisotopic (exact) mass is 192 g/mol. The first kappa shape index (κ1) is 11.2. The number of rotatable bonds is 2. The zero-order valence-corrected chi connectivity index (χ0v) is 9.76. The van der Waals surface area contributed by atoms with E-state index < -0.39 is 0 Å². The fourth-order valence-electron chi connectivity index (χ4n) is 1.92. The van der Waals surface area contributed by atoms with Crippen molar-refractivity contribution < 1.29 is 0 Å². The molecular formula is C12H20N2. The molecule has 1 aromatic carbocycles. The van der Waals surface area contributed by atoms with Gasteiger partial charge in [0.1, 0.15) is 0 Å². The van der Waals surface area contributed by atoms with Crippen molar-refractivity contribution in [2.75, 3.05) is 14.1 Å². The first-order valence-corrected chi connectivity index (χ1v) is 4.93. The molecule has 0 radical (unpaired) electrons. The highest BCUT2D eigenvalue weighted by Crippen LogP contribution is 2.22. The lowest BCUT2D eigenvalue weighted by Gasteiger charge is -2.24. The summed E-state index contributed by atoms with van der Waals surface area (Å²) >= 11 is 0. The Hall–Kier alpha value is -0.860. The standard InChI is InChI=1S/C12H20N2/c1-8-6-9(2)11(10(3)7-8)12(13)14(4)5/h6-7,12H,13H2,1-5H3. The molecule has 2 heteroatoms. The van der Waals surface area contributed by atoms with Gasteiger partial charge in [-0.3, -0.25) is 4.90 Å². The summed E-state index contributed by atoms with van der Waals surface area (Å²) in [5.41, 5.74) is 11.2. The van der Waals surface area contributed by atoms with E-state index in [0.29, 0.717) is 0 Å². The molecule has 0 aromatic heterocycles. The molecule has 14 heavy (non-hydrogen) atoms. The first-order valence-electron chi connectivity index (χ1n) is 4.93. The van der Waals surface area contributed by atoms with Crippen LogP contribution in [0.15, 0.2) is 12.1 Å². The van der Waals surface area contributed by atoms with E-state index in [1.165, 1.54) is 22.3 Å². The van der Waals surface area contributed by atoms with Crippen LogP contribution in [0.4, 0.5) is 0 Å². The number of hydrogen-bond donors (Lipinski definition) is 1. The molecule has 0 fully saturated rings. The van der Waals surface area contributed by atoms with Gasteiger partial charge in [-0.05, 0) is 51.6 Å². The lowest BCUT2D eigenvalue weighted by Crippen LogP contribution is -2.29. The molecule has 0 bridgehead atoms. The van der Waals surface area contributed by atoms with Crippen molar-refractivity contribution in [3.63, 3.8) is 0 Å². The third-order valence-corrected chi connectivity index (χ3v) is 2.59. The quantitative estimate of drug-likeness (QED) is 0.727. The van der Waals surface area contributed by atoms with Crippen LogP contribution in [0.5, 0.6) is 0 Å². The minimum Gasteiger partial charge on any atom is -0.312 e. The Bertz CT molecular complexity index is 306. The van der Waals surface area contributed by atoms with Crippen molar-refractivity contribution in [2.45, 2.75) is 26.9 Å². The smallest absolute Gasteiger partial charge is 0.0835 e. The average Bonchev–Trinajstić information content (AvgIpc) is 2.01. The van der Waals surface area contributed by atoms with E-state index in [9.17, 15) is 0 Å². The molecule has 0 heterocycles. The summed E-state index contributed by atoms with van der Waals surface area (Å²) in [5, 5.41) is 0. The van der Waals surface area contributed by atoms with Crippen molar-refractivity contribution in [1.82, 2.24) is 4.90 Å². The summed E-state index contributed by atoms with van der Waals surface area (Å²) in [6.45, 7) is 6.36. The molecule has 2 nitrogen and oxygen atoms in total. The van der Waals surface area contributed by atoms with Gasteiger partial charge in [-0.2, -0.15) is 0 Å². The second-order valence-corrected chi connectivity index (χ2v) is 4.22. The number of aryl methyl sites for hydroxylation is 3. The summed E-state index contributed by atoms with van der Waals surface area (Å²) < 4.78 is 0. The van der Waals surface area contributed by atoms with E-state index in [4.69, 9.17) is 5.73 Å². The average molecular weight is 192 g/mol. The number of benzene rings is 1. The molecule has 0 saturated heterocycles. The van der Waals surface area contributed by atoms with E-state index in [1.807, 2.05) is 19.0 Å². The number of nitrogens with zero attached hydrogens (tertiary/aromatic N) is 1. The van der Waals surface area contributed by atoms with Crippen LogP contribution in [0.3, 0.4) is 0 Å². The van der Waals surface area contributed by atoms with Crippen LogP contribution in [0.25, 0.3) is 0 Å². The van der Waals surface area contributed by atoms with Crippen LogP contribution in [0.2, 0.25) is 0 Å². The molecule has 1 rings (SSSR count). The van der Waals surface area contributed by atoms with E-state index in [-0.39, 0.29) is 6.17 Å². The van der Waals surface area contributed by atoms with Gasteiger partial charge in [0.2, 0.25) is 0 Å². The second-order valence-electron chi connectivity index (χ2n) is 4.22. The van der Waals surface area contributed by atoms with Crippen LogP contribution < -0.4 is 5.73 Å². The molecule has 1 unspecified atom stereocenters. The highest BCUT2D eigenvalue weighted by atomic mass is 15.2. The predicted octanol–water partition coefficient (Wildman–Crippen LogP) is 2.13. The van der Waals surface area contributed by atoms with Gasteiger partial charge < -0.3 is 5.73 Å². The Morgan fingerprint density at radius 3 is 1.86 bits per heavy atom. The molecule has 2 N–H and O–H groups in total. The Morgan fingerprint density at radius 2 is 1.50 bits per heavy atom. The van der Waals surface area contributed by atoms with Crippen molar-refractivity contribution in [3.8, 4) is 0 Å². The lowest BCUT2D eigenvalue weighted by molar-refractivity contribution is 0.305. The fraction of sp³-hybridized carbons (Fsp3) is 0.500. The molecule has 0 aliphatic rings. The number of hydrogen-bond acceptors (Lipinski definition) is 2. The van der Waals surface area contributed by atoms with E-state index >= 15 is 0 Å². The second kappa shape index (κ2) is 4.11. The summed E-state index contributed by atoms with van der Waals surface area (Å²) in [6.07, 6.45) is -0.00407. The summed E-state index contributed by atoms with van der Waals surface area (Å²) in [4.78, 5) is 2.03. The maximum Gasteiger partial charge on any atom is 0.0835 e. The van der Waals surface area contributed by atoms with Crippen molar-refractivity contribution in [1.29, 1.82) is 0 Å². The molecular weight excluding hydrogens is 172 g/mol. The van der Waals surface area contributed by atoms with Gasteiger partial charge >= 0.3 is 0 Å². The van der Waals surface area contributed by atoms with Gasteiger partial charge in [0.15, 0.2) is 0 Å². The third kappa shape index (κ3) is 2.14. The topological polar surface area (TPSA) is 29.3 Å². The van der Waals surface area contributed by atoms with Gasteiger partial charge in [0.05, 0.1) is 6.17 Å². The normalized spacial score (nSPS) is 13.4. The van der Waals surface area contributed by atoms with E-state index in [1.54, 1.807) is 0 Å². The highest BCUT2D eigenvalue weighted by molar-refractivity contribution is 5.39. The van der Waals surface area contributed by atoms with E-state index in [0.717, 1.165) is 0 Å². The Morgan fingerprint density at radius 1 is 1.07 bits per heavy atom. The Kier molecular flexibility index (Phi) is 3.29. The highest BCUT2D eigenvalue weighted by Gasteiger charge is 2.13. The third-order valence-electron chi connectivity index (χ3n) is 2.59. The Balaban J connectivity index is 3.20. The Labute approximate surface area is 86.7 Å². The van der Waals surface area contributed by atoms with Gasteiger partial charge in [0, 0.05) is 0 Å². The summed E-state index contributed by atoms with van der Waals surface area (Å²) in [5.74, 6) is 0. The molecule has 1 aromatic rings. The van der Waals surface area contributed by atoms with E-state index in [2.05, 4.69) is 32.9 Å². The minimum atomic E-state index is -0.00407. The fourth-order valence-corrected chi connectivity index (χ4v) is 1.92. The molecule has 1 atom stereocenters. The van der Waals surface area contributed by atoms with Crippen LogP contribution in [0.1, 0.15) is 28.4 Å². The van der Waals surface area contributed by atoms with Gasteiger partial charge in [-0.25, -0.2) is 0 Å². The van der Waals surface area contributed by atoms with Gasteiger partial charge in [0.25, 0.3) is 0 Å². The van der Waals surface area contributed by atoms with Crippen molar-refractivity contribution in [2.24, 2.45) is 5.73 Å². The van der Waals surface area contributed by atoms with Crippen molar-refractivity contribution in [3.05, 3.63) is 34.4 Å². The molecule has 0 spiro atoms. The lowest BCUT2D eigenvalue weighted by atomic mass is 9.97. The molecule has 0 aliphatic carbocycles. The summed E-state index contributed by atoms with van der Waals surface area (Å²) in [6, 6.07) is 4.37. The largest absolute Gasteiger partial charge is 0.312 e. The molecule has 0 aliphatic heterocycles. The first-order chi connectivity index (χ1) is 6.43.